The molecule has 36 heavy (non-hydrogen) atoms. The van der Waals surface area contributed by atoms with Crippen molar-refractivity contribution in [2.45, 2.75) is 38.0 Å². The zero-order valence-corrected chi connectivity index (χ0v) is 21.3. The molecule has 7 nitrogen and oxygen atoms in total. The van der Waals surface area contributed by atoms with Crippen LogP contribution in [0.1, 0.15) is 59.6 Å². The summed E-state index contributed by atoms with van der Waals surface area (Å²) in [5, 5.41) is 6.39. The molecule has 9 heteroatoms. The van der Waals surface area contributed by atoms with E-state index in [-0.39, 0.29) is 25.0 Å². The van der Waals surface area contributed by atoms with Crippen LogP contribution in [0.15, 0.2) is 55.1 Å². The molecule has 3 aromatic heterocycles. The van der Waals surface area contributed by atoms with Crippen molar-refractivity contribution in [1.29, 1.82) is 0 Å². The third-order valence-electron chi connectivity index (χ3n) is 6.72. The first-order valence-corrected chi connectivity index (χ1v) is 11.9. The molecule has 2 N–H and O–H groups in total. The van der Waals surface area contributed by atoms with Gasteiger partial charge >= 0.3 is 0 Å². The van der Waals surface area contributed by atoms with Gasteiger partial charge in [0.05, 0.1) is 23.0 Å². The van der Waals surface area contributed by atoms with Gasteiger partial charge in [-0.2, -0.15) is 13.5 Å². The molecule has 1 atom stereocenters. The molecule has 4 aromatic rings. The van der Waals surface area contributed by atoms with Gasteiger partial charge in [-0.15, -0.1) is 0 Å². The topological polar surface area (TPSA) is 92.7 Å². The highest BCUT2D eigenvalue weighted by Crippen LogP contribution is 2.36. The fourth-order valence-electron chi connectivity index (χ4n) is 4.49. The number of anilines is 1. The van der Waals surface area contributed by atoms with E-state index in [1.165, 1.54) is 26.3 Å². The quantitative estimate of drug-likeness (QED) is 0.360. The number of fused-ring (bicyclic) bond motifs is 1. The Morgan fingerprint density at radius 2 is 1.97 bits per heavy atom. The third-order valence-corrected chi connectivity index (χ3v) is 6.72. The van der Waals surface area contributed by atoms with E-state index in [0.717, 1.165) is 28.7 Å². The van der Waals surface area contributed by atoms with Gasteiger partial charge in [-0.25, -0.2) is 14.4 Å². The number of para-hydroxylation sites is 1. The number of hydrogen-bond donors (Lipinski definition) is 2. The average Bonchev–Trinajstić information content (AvgIpc) is 2.85. The Kier molecular flexibility index (Phi) is 7.79. The fourth-order valence-corrected chi connectivity index (χ4v) is 4.49. The van der Waals surface area contributed by atoms with Crippen molar-refractivity contribution in [3.63, 3.8) is 0 Å². The molecule has 0 unspecified atom stereocenters. The van der Waals surface area contributed by atoms with Gasteiger partial charge in [0.1, 0.15) is 12.1 Å². The maximum Gasteiger partial charge on any atom is 0.254 e. The molecule has 0 aliphatic heterocycles. The lowest BCUT2D eigenvalue weighted by Gasteiger charge is -2.24. The highest BCUT2D eigenvalue weighted by Gasteiger charge is 2.21. The SMILES string of the molecule is CNC(=O)c1c(F)cnc2c([C@H](C)CNc3cc(-c4ccnc(C5CCC5)c4)ncn3)cccc12.S. The first-order chi connectivity index (χ1) is 17.0. The van der Waals surface area contributed by atoms with Crippen molar-refractivity contribution in [2.75, 3.05) is 18.9 Å². The van der Waals surface area contributed by atoms with E-state index in [0.29, 0.717) is 29.2 Å². The molecule has 186 valence electrons. The van der Waals surface area contributed by atoms with Crippen LogP contribution < -0.4 is 10.6 Å². The molecule has 0 bridgehead atoms. The van der Waals surface area contributed by atoms with Crippen molar-refractivity contribution in [2.24, 2.45) is 0 Å². The van der Waals surface area contributed by atoms with Crippen LogP contribution in [0.3, 0.4) is 0 Å². The summed E-state index contributed by atoms with van der Waals surface area (Å²) >= 11 is 0. The molecule has 1 aliphatic rings. The fraction of sp³-hybridized carbons (Fsp3) is 0.296. The summed E-state index contributed by atoms with van der Waals surface area (Å²) in [5.41, 5.74) is 4.56. The Morgan fingerprint density at radius 3 is 2.72 bits per heavy atom. The Hall–Kier alpha value is -3.59. The predicted octanol–water partition coefficient (Wildman–Crippen LogP) is 5.18. The molecule has 1 aliphatic carbocycles. The van der Waals surface area contributed by atoms with E-state index < -0.39 is 11.7 Å². The molecule has 1 aromatic carbocycles. The smallest absolute Gasteiger partial charge is 0.254 e. The van der Waals surface area contributed by atoms with E-state index >= 15 is 0 Å². The molecule has 0 radical (unpaired) electrons. The predicted molar refractivity (Wildman–Crippen MR) is 144 cm³/mol. The molecule has 5 rings (SSSR count). The van der Waals surface area contributed by atoms with Gasteiger partial charge in [-0.3, -0.25) is 14.8 Å². The number of hydrogen-bond acceptors (Lipinski definition) is 6. The first-order valence-electron chi connectivity index (χ1n) is 11.9. The van der Waals surface area contributed by atoms with Crippen LogP contribution in [-0.4, -0.2) is 39.4 Å². The number of halogens is 1. The van der Waals surface area contributed by atoms with Gasteiger partial charge in [0.15, 0.2) is 5.82 Å². The van der Waals surface area contributed by atoms with Crippen LogP contribution in [0.25, 0.3) is 22.2 Å². The summed E-state index contributed by atoms with van der Waals surface area (Å²) < 4.78 is 14.4. The molecule has 3 heterocycles. The third kappa shape index (κ3) is 5.02. The monoisotopic (exact) mass is 504 g/mol. The second-order valence-corrected chi connectivity index (χ2v) is 8.97. The van der Waals surface area contributed by atoms with Crippen molar-refractivity contribution < 1.29 is 9.18 Å². The second-order valence-electron chi connectivity index (χ2n) is 8.97. The van der Waals surface area contributed by atoms with E-state index in [4.69, 9.17) is 0 Å². The second kappa shape index (κ2) is 11.0. The first kappa shape index (κ1) is 25.5. The van der Waals surface area contributed by atoms with E-state index in [1.54, 1.807) is 12.4 Å². The van der Waals surface area contributed by atoms with Crippen LogP contribution >= 0.6 is 13.5 Å². The Morgan fingerprint density at radius 1 is 1.14 bits per heavy atom. The molecule has 1 fully saturated rings. The van der Waals surface area contributed by atoms with Crippen molar-refractivity contribution >= 4 is 36.1 Å². The minimum atomic E-state index is -0.634. The Balaban J connectivity index is 0.00000304. The van der Waals surface area contributed by atoms with Crippen LogP contribution in [0.4, 0.5) is 10.2 Å². The normalized spacial score (nSPS) is 14.0. The lowest BCUT2D eigenvalue weighted by molar-refractivity contribution is 0.0960. The number of rotatable bonds is 7. The van der Waals surface area contributed by atoms with Crippen LogP contribution in [-0.2, 0) is 0 Å². The number of carbonyl (C=O) groups excluding carboxylic acids is 1. The molecule has 1 amide bonds. The minimum Gasteiger partial charge on any atom is -0.369 e. The van der Waals surface area contributed by atoms with Crippen LogP contribution in [0.2, 0.25) is 0 Å². The summed E-state index contributed by atoms with van der Waals surface area (Å²) in [6.07, 6.45) is 8.19. The molecule has 1 saturated carbocycles. The van der Waals surface area contributed by atoms with Gasteiger partial charge in [0, 0.05) is 54.3 Å². The van der Waals surface area contributed by atoms with E-state index in [1.807, 2.05) is 30.5 Å². The summed E-state index contributed by atoms with van der Waals surface area (Å²) in [4.78, 5) is 29.9. The van der Waals surface area contributed by atoms with E-state index in [2.05, 4.69) is 43.6 Å². The molecule has 0 spiro atoms. The molecule has 0 saturated heterocycles. The summed E-state index contributed by atoms with van der Waals surface area (Å²) in [5.74, 6) is 0.197. The summed E-state index contributed by atoms with van der Waals surface area (Å²) in [7, 11) is 1.49. The maximum absolute atomic E-state index is 14.4. The van der Waals surface area contributed by atoms with Crippen molar-refractivity contribution in [1.82, 2.24) is 25.3 Å². The van der Waals surface area contributed by atoms with Crippen molar-refractivity contribution in [3.05, 3.63) is 77.8 Å². The largest absolute Gasteiger partial charge is 0.369 e. The highest BCUT2D eigenvalue weighted by atomic mass is 32.1. The standard InChI is InChI=1S/C27H27FN6O.H2S/c1-16(19-7-4-8-20-25(27(35)29-2)21(28)14-32-26(19)20)13-31-24-12-23(33-15-34-24)18-9-10-30-22(11-18)17-5-3-6-17;/h4,7-12,14-17H,3,5-6,13H2,1-2H3,(H,29,35)(H,31,33,34);1H2/t16-;/m1./s1. The van der Waals surface area contributed by atoms with Gasteiger partial charge in [0.2, 0.25) is 0 Å². The summed E-state index contributed by atoms with van der Waals surface area (Å²) in [6, 6.07) is 11.5. The number of aromatic nitrogens is 4. The Labute approximate surface area is 216 Å². The highest BCUT2D eigenvalue weighted by molar-refractivity contribution is 7.59. The van der Waals surface area contributed by atoms with Gasteiger partial charge < -0.3 is 10.6 Å². The minimum absolute atomic E-state index is 0. The number of pyridine rings is 2. The number of nitrogens with zero attached hydrogens (tertiary/aromatic N) is 4. The molecular weight excluding hydrogens is 475 g/mol. The van der Waals surface area contributed by atoms with Gasteiger partial charge in [0.25, 0.3) is 5.91 Å². The van der Waals surface area contributed by atoms with Crippen LogP contribution in [0.5, 0.6) is 0 Å². The van der Waals surface area contributed by atoms with Gasteiger partial charge in [-0.05, 0) is 30.5 Å². The van der Waals surface area contributed by atoms with Crippen LogP contribution in [0, 0.1) is 5.82 Å². The maximum atomic E-state index is 14.4. The Bertz CT molecular complexity index is 1390. The average molecular weight is 505 g/mol. The number of benzene rings is 1. The number of nitrogens with one attached hydrogen (secondary N) is 2. The van der Waals surface area contributed by atoms with Crippen molar-refractivity contribution in [3.8, 4) is 11.3 Å². The zero-order valence-electron chi connectivity index (χ0n) is 20.3. The van der Waals surface area contributed by atoms with E-state index in [9.17, 15) is 9.18 Å². The zero-order chi connectivity index (χ0) is 24.4. The summed E-state index contributed by atoms with van der Waals surface area (Å²) in [6.45, 7) is 2.63. The number of carbonyl (C=O) groups is 1. The lowest BCUT2D eigenvalue weighted by atomic mass is 9.82. The number of amides is 1. The lowest BCUT2D eigenvalue weighted by Crippen LogP contribution is -2.20. The van der Waals surface area contributed by atoms with Gasteiger partial charge in [-0.1, -0.05) is 31.5 Å². The molecular formula is C27H29FN6OS.